The van der Waals surface area contributed by atoms with Crippen LogP contribution in [0.1, 0.15) is 34.3 Å². The summed E-state index contributed by atoms with van der Waals surface area (Å²) in [6.45, 7) is 7.10. The topological polar surface area (TPSA) is 70.5 Å². The highest BCUT2D eigenvalue weighted by Gasteiger charge is 2.29. The van der Waals surface area contributed by atoms with Gasteiger partial charge in [-0.1, -0.05) is 42.0 Å². The van der Waals surface area contributed by atoms with E-state index in [4.69, 9.17) is 5.10 Å². The van der Waals surface area contributed by atoms with Gasteiger partial charge in [0.2, 0.25) is 5.91 Å². The predicted octanol–water partition coefficient (Wildman–Crippen LogP) is 3.19. The first-order valence-corrected chi connectivity index (χ1v) is 12.0. The van der Waals surface area contributed by atoms with Gasteiger partial charge in [-0.2, -0.15) is 5.10 Å². The van der Waals surface area contributed by atoms with Crippen LogP contribution in [0.25, 0.3) is 16.9 Å². The SMILES string of the molecule is Cc1ccc(-c2nn(-c3ccccc3)cc2C(=O)N2CCN(CC(=O)NC3CC3)CC2)c(C)c1. The molecule has 0 unspecified atom stereocenters. The van der Waals surface area contributed by atoms with E-state index in [-0.39, 0.29) is 11.8 Å². The Balaban J connectivity index is 1.37. The van der Waals surface area contributed by atoms with Gasteiger partial charge in [-0.05, 0) is 44.4 Å². The van der Waals surface area contributed by atoms with Gasteiger partial charge in [0.05, 0.1) is 17.8 Å². The average Bonchev–Trinajstić information content (AvgIpc) is 3.54. The lowest BCUT2D eigenvalue weighted by atomic mass is 10.00. The predicted molar refractivity (Wildman–Crippen MR) is 132 cm³/mol. The summed E-state index contributed by atoms with van der Waals surface area (Å²) in [6, 6.07) is 16.5. The van der Waals surface area contributed by atoms with Crippen molar-refractivity contribution in [1.82, 2.24) is 24.9 Å². The van der Waals surface area contributed by atoms with Crippen molar-refractivity contribution in [3.05, 3.63) is 71.4 Å². The molecule has 7 nitrogen and oxygen atoms in total. The van der Waals surface area contributed by atoms with Crippen molar-refractivity contribution < 1.29 is 9.59 Å². The zero-order valence-electron chi connectivity index (χ0n) is 19.8. The lowest BCUT2D eigenvalue weighted by molar-refractivity contribution is -0.122. The molecule has 2 fully saturated rings. The number of carbonyl (C=O) groups is 2. The van der Waals surface area contributed by atoms with E-state index in [9.17, 15) is 9.59 Å². The highest BCUT2D eigenvalue weighted by Crippen LogP contribution is 2.29. The van der Waals surface area contributed by atoms with E-state index < -0.39 is 0 Å². The lowest BCUT2D eigenvalue weighted by Gasteiger charge is -2.34. The number of amides is 2. The number of carbonyl (C=O) groups excluding carboxylic acids is 2. The molecule has 1 aliphatic carbocycles. The number of rotatable bonds is 6. The van der Waals surface area contributed by atoms with Gasteiger partial charge >= 0.3 is 0 Å². The number of aryl methyl sites for hydroxylation is 2. The second-order valence-corrected chi connectivity index (χ2v) is 9.40. The Labute approximate surface area is 200 Å². The number of nitrogens with zero attached hydrogens (tertiary/aromatic N) is 4. The molecule has 2 aromatic carbocycles. The van der Waals surface area contributed by atoms with Crippen molar-refractivity contribution in [1.29, 1.82) is 0 Å². The molecule has 1 N–H and O–H groups in total. The molecule has 34 heavy (non-hydrogen) atoms. The van der Waals surface area contributed by atoms with Crippen molar-refractivity contribution in [3.8, 4) is 16.9 Å². The maximum atomic E-state index is 13.7. The minimum absolute atomic E-state index is 0.0146. The Hall–Kier alpha value is -3.45. The molecule has 2 aliphatic rings. The summed E-state index contributed by atoms with van der Waals surface area (Å²) < 4.78 is 1.79. The van der Waals surface area contributed by atoms with E-state index in [2.05, 4.69) is 42.3 Å². The first-order valence-electron chi connectivity index (χ1n) is 12.0. The Kier molecular flexibility index (Phi) is 6.20. The molecule has 3 aromatic rings. The fourth-order valence-electron chi connectivity index (χ4n) is 4.51. The Morgan fingerprint density at radius 1 is 1.00 bits per heavy atom. The van der Waals surface area contributed by atoms with Crippen LogP contribution >= 0.6 is 0 Å². The number of hydrogen-bond acceptors (Lipinski definition) is 4. The highest BCUT2D eigenvalue weighted by molar-refractivity contribution is 6.00. The summed E-state index contributed by atoms with van der Waals surface area (Å²) in [5, 5.41) is 7.89. The molecule has 0 atom stereocenters. The van der Waals surface area contributed by atoms with Crippen LogP contribution in [-0.4, -0.2) is 70.2 Å². The standard InChI is InChI=1S/C27H31N5O2/c1-19-8-11-23(20(2)16-19)26-24(17-32(29-26)22-6-4-3-5-7-22)27(34)31-14-12-30(13-15-31)18-25(33)28-21-9-10-21/h3-8,11,16-17,21H,9-10,12-15,18H2,1-2H3,(H,28,33). The second-order valence-electron chi connectivity index (χ2n) is 9.40. The van der Waals surface area contributed by atoms with Crippen LogP contribution in [-0.2, 0) is 4.79 Å². The number of hydrogen-bond donors (Lipinski definition) is 1. The van der Waals surface area contributed by atoms with Crippen LogP contribution < -0.4 is 5.32 Å². The Morgan fingerprint density at radius 2 is 1.74 bits per heavy atom. The summed E-state index contributed by atoms with van der Waals surface area (Å²) in [5.41, 5.74) is 5.48. The summed E-state index contributed by atoms with van der Waals surface area (Å²) >= 11 is 0. The van der Waals surface area contributed by atoms with Crippen molar-refractivity contribution in [2.24, 2.45) is 0 Å². The Bertz CT molecular complexity index is 1190. The molecule has 1 aromatic heterocycles. The van der Waals surface area contributed by atoms with Gasteiger partial charge in [0.1, 0.15) is 5.69 Å². The maximum absolute atomic E-state index is 13.7. The van der Waals surface area contributed by atoms with Crippen LogP contribution in [0.15, 0.2) is 54.7 Å². The van der Waals surface area contributed by atoms with E-state index in [1.807, 2.05) is 41.4 Å². The lowest BCUT2D eigenvalue weighted by Crippen LogP contribution is -2.51. The van der Waals surface area contributed by atoms with Gasteiger partial charge in [-0.3, -0.25) is 14.5 Å². The van der Waals surface area contributed by atoms with E-state index in [1.165, 1.54) is 5.56 Å². The molecule has 1 saturated heterocycles. The van der Waals surface area contributed by atoms with E-state index in [0.29, 0.717) is 50.0 Å². The molecule has 7 heteroatoms. The fourth-order valence-corrected chi connectivity index (χ4v) is 4.51. The molecule has 0 radical (unpaired) electrons. The quantitative estimate of drug-likeness (QED) is 0.617. The van der Waals surface area contributed by atoms with Crippen molar-refractivity contribution in [2.75, 3.05) is 32.7 Å². The number of aromatic nitrogens is 2. The smallest absolute Gasteiger partial charge is 0.257 e. The molecule has 0 spiro atoms. The number of para-hydroxylation sites is 1. The minimum atomic E-state index is -0.0146. The van der Waals surface area contributed by atoms with Gasteiger partial charge in [-0.25, -0.2) is 4.68 Å². The molecular formula is C27H31N5O2. The van der Waals surface area contributed by atoms with Gasteiger partial charge in [0.15, 0.2) is 0 Å². The summed E-state index contributed by atoms with van der Waals surface area (Å²) in [7, 11) is 0. The average molecular weight is 458 g/mol. The molecular weight excluding hydrogens is 426 g/mol. The largest absolute Gasteiger partial charge is 0.352 e. The van der Waals surface area contributed by atoms with E-state index in [1.54, 1.807) is 4.68 Å². The fraction of sp³-hybridized carbons (Fsp3) is 0.370. The highest BCUT2D eigenvalue weighted by atomic mass is 16.2. The Morgan fingerprint density at radius 3 is 2.41 bits per heavy atom. The third-order valence-corrected chi connectivity index (χ3v) is 6.57. The zero-order valence-corrected chi connectivity index (χ0v) is 19.8. The summed E-state index contributed by atoms with van der Waals surface area (Å²) in [5.74, 6) is 0.0720. The molecule has 2 amide bonds. The van der Waals surface area contributed by atoms with Crippen LogP contribution in [0.5, 0.6) is 0 Å². The van der Waals surface area contributed by atoms with Crippen molar-refractivity contribution in [3.63, 3.8) is 0 Å². The summed E-state index contributed by atoms with van der Waals surface area (Å²) in [6.07, 6.45) is 4.03. The monoisotopic (exact) mass is 457 g/mol. The zero-order chi connectivity index (χ0) is 23.7. The molecule has 0 bridgehead atoms. The number of piperazine rings is 1. The van der Waals surface area contributed by atoms with E-state index in [0.717, 1.165) is 29.7 Å². The molecule has 1 aliphatic heterocycles. The van der Waals surface area contributed by atoms with Crippen LogP contribution in [0.3, 0.4) is 0 Å². The molecule has 1 saturated carbocycles. The van der Waals surface area contributed by atoms with Gasteiger partial charge < -0.3 is 10.2 Å². The van der Waals surface area contributed by atoms with Crippen LogP contribution in [0.4, 0.5) is 0 Å². The van der Waals surface area contributed by atoms with Gasteiger partial charge in [-0.15, -0.1) is 0 Å². The second kappa shape index (κ2) is 9.43. The summed E-state index contributed by atoms with van der Waals surface area (Å²) in [4.78, 5) is 29.8. The third-order valence-electron chi connectivity index (χ3n) is 6.57. The first-order chi connectivity index (χ1) is 16.5. The van der Waals surface area contributed by atoms with Crippen molar-refractivity contribution >= 4 is 11.8 Å². The first kappa shape index (κ1) is 22.3. The van der Waals surface area contributed by atoms with Gasteiger partial charge in [0.25, 0.3) is 5.91 Å². The number of benzene rings is 2. The van der Waals surface area contributed by atoms with Crippen LogP contribution in [0, 0.1) is 13.8 Å². The minimum Gasteiger partial charge on any atom is -0.352 e. The maximum Gasteiger partial charge on any atom is 0.257 e. The number of nitrogens with one attached hydrogen (secondary N) is 1. The molecule has 5 rings (SSSR count). The third kappa shape index (κ3) is 4.89. The van der Waals surface area contributed by atoms with Gasteiger partial charge in [0, 0.05) is 44.0 Å². The normalized spacial score (nSPS) is 16.5. The molecule has 176 valence electrons. The van der Waals surface area contributed by atoms with Crippen LogP contribution in [0.2, 0.25) is 0 Å². The molecule has 2 heterocycles. The van der Waals surface area contributed by atoms with Crippen molar-refractivity contribution in [2.45, 2.75) is 32.7 Å². The van der Waals surface area contributed by atoms with E-state index >= 15 is 0 Å².